The van der Waals surface area contributed by atoms with Gasteiger partial charge in [0.2, 0.25) is 0 Å². The van der Waals surface area contributed by atoms with Crippen LogP contribution in [0.2, 0.25) is 5.02 Å². The molecule has 0 aliphatic carbocycles. The Morgan fingerprint density at radius 3 is 2.22 bits per heavy atom. The fourth-order valence-corrected chi connectivity index (χ4v) is 2.24. The minimum atomic E-state index is -1.69. The quantitative estimate of drug-likeness (QED) is 0.788. The van der Waals surface area contributed by atoms with Crippen LogP contribution in [0.5, 0.6) is 0 Å². The molecule has 0 saturated heterocycles. The van der Waals surface area contributed by atoms with Gasteiger partial charge < -0.3 is 9.47 Å². The number of esters is 2. The topological polar surface area (TPSA) is 76.4 Å². The Hall–Kier alpha value is -2.06. The van der Waals surface area contributed by atoms with Crippen molar-refractivity contribution in [2.24, 2.45) is 0 Å². The van der Waals surface area contributed by atoms with Crippen LogP contribution in [0.25, 0.3) is 0 Å². The first kappa shape index (κ1) is 19.0. The van der Waals surface area contributed by atoms with Gasteiger partial charge in [-0.05, 0) is 45.7 Å². The number of nitriles is 1. The number of rotatable bonds is 3. The zero-order chi connectivity index (χ0) is 18.0. The molecule has 23 heavy (non-hydrogen) atoms. The predicted molar refractivity (Wildman–Crippen MR) is 86.3 cm³/mol. The smallest absolute Gasteiger partial charge is 0.339 e. The molecule has 0 fully saturated rings. The third-order valence-electron chi connectivity index (χ3n) is 3.29. The molecule has 124 valence electrons. The van der Waals surface area contributed by atoms with Crippen LogP contribution in [0.15, 0.2) is 12.1 Å². The fraction of sp³-hybridized carbons (Fsp3) is 0.471. The normalized spacial score (nSPS) is 13.7. The summed E-state index contributed by atoms with van der Waals surface area (Å²) in [7, 11) is 1.21. The van der Waals surface area contributed by atoms with Crippen molar-refractivity contribution in [2.45, 2.75) is 45.6 Å². The Morgan fingerprint density at radius 2 is 1.78 bits per heavy atom. The monoisotopic (exact) mass is 337 g/mol. The molecular formula is C17H20ClNO4. The van der Waals surface area contributed by atoms with Gasteiger partial charge in [-0.25, -0.2) is 9.59 Å². The molecule has 6 heteroatoms. The van der Waals surface area contributed by atoms with Gasteiger partial charge in [0, 0.05) is 0 Å². The Morgan fingerprint density at radius 1 is 1.22 bits per heavy atom. The Labute approximate surface area is 141 Å². The summed E-state index contributed by atoms with van der Waals surface area (Å²) < 4.78 is 10.1. The van der Waals surface area contributed by atoms with E-state index in [0.29, 0.717) is 5.56 Å². The fourth-order valence-electron chi connectivity index (χ4n) is 1.99. The first-order valence-corrected chi connectivity index (χ1v) is 7.38. The van der Waals surface area contributed by atoms with Crippen molar-refractivity contribution in [3.63, 3.8) is 0 Å². The van der Waals surface area contributed by atoms with Crippen LogP contribution in [0.4, 0.5) is 0 Å². The van der Waals surface area contributed by atoms with Gasteiger partial charge in [0.25, 0.3) is 0 Å². The Balaban J connectivity index is 3.59. The van der Waals surface area contributed by atoms with Crippen LogP contribution < -0.4 is 0 Å². The van der Waals surface area contributed by atoms with E-state index in [1.54, 1.807) is 33.8 Å². The second kappa shape index (κ2) is 6.59. The van der Waals surface area contributed by atoms with Crippen molar-refractivity contribution in [3.05, 3.63) is 33.8 Å². The van der Waals surface area contributed by atoms with Gasteiger partial charge in [0.1, 0.15) is 5.60 Å². The molecule has 0 amide bonds. The van der Waals surface area contributed by atoms with Crippen LogP contribution in [0, 0.1) is 18.3 Å². The molecule has 0 aromatic heterocycles. The van der Waals surface area contributed by atoms with Gasteiger partial charge in [-0.2, -0.15) is 5.26 Å². The van der Waals surface area contributed by atoms with E-state index in [9.17, 15) is 14.9 Å². The molecule has 0 saturated carbocycles. The summed E-state index contributed by atoms with van der Waals surface area (Å²) in [5, 5.41) is 9.75. The first-order chi connectivity index (χ1) is 10.5. The van der Waals surface area contributed by atoms with E-state index < -0.39 is 23.0 Å². The summed E-state index contributed by atoms with van der Waals surface area (Å²) in [6, 6.07) is 5.11. The van der Waals surface area contributed by atoms with Crippen molar-refractivity contribution in [2.75, 3.05) is 7.11 Å². The van der Waals surface area contributed by atoms with Crippen LogP contribution in [0.3, 0.4) is 0 Å². The zero-order valence-corrected chi connectivity index (χ0v) is 14.9. The number of halogens is 1. The Kier molecular flexibility index (Phi) is 5.44. The summed E-state index contributed by atoms with van der Waals surface area (Å²) in [4.78, 5) is 24.6. The lowest BCUT2D eigenvalue weighted by molar-refractivity contribution is -0.159. The van der Waals surface area contributed by atoms with Crippen LogP contribution in [-0.4, -0.2) is 24.6 Å². The van der Waals surface area contributed by atoms with Crippen molar-refractivity contribution in [1.29, 1.82) is 5.26 Å². The zero-order valence-electron chi connectivity index (χ0n) is 14.1. The summed E-state index contributed by atoms with van der Waals surface area (Å²) in [5.41, 5.74) is -1.65. The summed E-state index contributed by atoms with van der Waals surface area (Å²) in [6.07, 6.45) is 0. The number of aryl methyl sites for hydroxylation is 1. The summed E-state index contributed by atoms with van der Waals surface area (Å²) in [5.74, 6) is -1.46. The highest BCUT2D eigenvalue weighted by atomic mass is 35.5. The number of methoxy groups -OCH3 is 1. The SMILES string of the molecule is COC(=O)c1c(C(C)(C#N)C(=O)OC(C)(C)C)ccc(C)c1Cl. The maximum atomic E-state index is 12.5. The van der Waals surface area contributed by atoms with Crippen molar-refractivity contribution in [1.82, 2.24) is 0 Å². The molecule has 0 heterocycles. The number of hydrogen-bond acceptors (Lipinski definition) is 5. The third-order valence-corrected chi connectivity index (χ3v) is 3.78. The predicted octanol–water partition coefficient (Wildman–Crippen LogP) is 3.56. The number of benzene rings is 1. The molecular weight excluding hydrogens is 318 g/mol. The van der Waals surface area contributed by atoms with E-state index >= 15 is 0 Å². The lowest BCUT2D eigenvalue weighted by Crippen LogP contribution is -2.39. The van der Waals surface area contributed by atoms with Gasteiger partial charge in [-0.1, -0.05) is 23.7 Å². The maximum absolute atomic E-state index is 12.5. The highest BCUT2D eigenvalue weighted by molar-refractivity contribution is 6.34. The average Bonchev–Trinajstić information content (AvgIpc) is 2.46. The number of carbonyl (C=O) groups is 2. The second-order valence-electron chi connectivity index (χ2n) is 6.35. The molecule has 1 aromatic carbocycles. The molecule has 1 unspecified atom stereocenters. The van der Waals surface area contributed by atoms with Gasteiger partial charge in [0.15, 0.2) is 5.41 Å². The lowest BCUT2D eigenvalue weighted by atomic mass is 9.80. The maximum Gasteiger partial charge on any atom is 0.339 e. The highest BCUT2D eigenvalue weighted by Crippen LogP contribution is 2.35. The average molecular weight is 338 g/mol. The van der Waals surface area contributed by atoms with Crippen LogP contribution >= 0.6 is 11.6 Å². The van der Waals surface area contributed by atoms with E-state index in [0.717, 1.165) is 0 Å². The molecule has 0 aliphatic heterocycles. The largest absolute Gasteiger partial charge is 0.465 e. The van der Waals surface area contributed by atoms with Gasteiger partial charge in [-0.15, -0.1) is 0 Å². The number of carbonyl (C=O) groups excluding carboxylic acids is 2. The van der Waals surface area contributed by atoms with E-state index in [-0.39, 0.29) is 16.1 Å². The molecule has 0 aliphatic rings. The standard InChI is InChI=1S/C17H20ClNO4/c1-10-7-8-11(12(13(10)18)14(20)22-6)17(5,9-19)15(21)23-16(2,3)4/h7-8H,1-6H3. The molecule has 1 aromatic rings. The first-order valence-electron chi connectivity index (χ1n) is 7.00. The Bertz CT molecular complexity index is 685. The molecule has 0 bridgehead atoms. The lowest BCUT2D eigenvalue weighted by Gasteiger charge is -2.28. The third kappa shape index (κ3) is 3.83. The van der Waals surface area contributed by atoms with Crippen molar-refractivity contribution in [3.8, 4) is 6.07 Å². The number of hydrogen-bond donors (Lipinski definition) is 0. The molecule has 1 rings (SSSR count). The van der Waals surface area contributed by atoms with Gasteiger partial charge in [0.05, 0.1) is 23.8 Å². The number of nitrogens with zero attached hydrogens (tertiary/aromatic N) is 1. The molecule has 0 N–H and O–H groups in total. The van der Waals surface area contributed by atoms with Crippen LogP contribution in [0.1, 0.15) is 49.2 Å². The van der Waals surface area contributed by atoms with E-state index in [1.807, 2.05) is 6.07 Å². The molecule has 5 nitrogen and oxygen atoms in total. The van der Waals surface area contributed by atoms with Crippen LogP contribution in [-0.2, 0) is 19.7 Å². The summed E-state index contributed by atoms with van der Waals surface area (Å²) >= 11 is 6.21. The molecule has 0 radical (unpaired) electrons. The van der Waals surface area contributed by atoms with E-state index in [4.69, 9.17) is 21.1 Å². The molecule has 1 atom stereocenters. The highest BCUT2D eigenvalue weighted by Gasteiger charge is 2.43. The minimum absolute atomic E-state index is 0.00377. The van der Waals surface area contributed by atoms with E-state index in [1.165, 1.54) is 20.1 Å². The van der Waals surface area contributed by atoms with Crippen molar-refractivity contribution < 1.29 is 19.1 Å². The van der Waals surface area contributed by atoms with Gasteiger partial charge in [-0.3, -0.25) is 0 Å². The molecule has 0 spiro atoms. The second-order valence-corrected chi connectivity index (χ2v) is 6.73. The van der Waals surface area contributed by atoms with Crippen molar-refractivity contribution >= 4 is 23.5 Å². The minimum Gasteiger partial charge on any atom is -0.465 e. The summed E-state index contributed by atoms with van der Waals surface area (Å²) in [6.45, 7) is 8.22. The van der Waals surface area contributed by atoms with E-state index in [2.05, 4.69) is 0 Å². The number of ether oxygens (including phenoxy) is 2. The van der Waals surface area contributed by atoms with Gasteiger partial charge >= 0.3 is 11.9 Å².